The third kappa shape index (κ3) is 5.16. The van der Waals surface area contributed by atoms with Crippen molar-refractivity contribution in [3.05, 3.63) is 35.6 Å². The molecule has 1 aromatic rings. The quantitative estimate of drug-likeness (QED) is 0.739. The largest absolute Gasteiger partial charge is 0.616 e. The van der Waals surface area contributed by atoms with Gasteiger partial charge in [-0.1, -0.05) is 23.3 Å². The summed E-state index contributed by atoms with van der Waals surface area (Å²) in [5.74, 6) is -1.32. The third-order valence-corrected chi connectivity index (χ3v) is 2.97. The molecule has 0 aliphatic heterocycles. The maximum atomic E-state index is 12.6. The highest BCUT2D eigenvalue weighted by molar-refractivity contribution is 7.90. The minimum absolute atomic E-state index is 0.0521. The highest BCUT2D eigenvalue weighted by Gasteiger charge is 2.21. The van der Waals surface area contributed by atoms with Gasteiger partial charge < -0.3 is 9.66 Å². The van der Waals surface area contributed by atoms with Crippen LogP contribution < -0.4 is 5.32 Å². The Bertz CT molecular complexity index is 369. The second kappa shape index (κ2) is 6.58. The molecule has 0 aliphatic carbocycles. The van der Waals surface area contributed by atoms with Gasteiger partial charge in [0.2, 0.25) is 0 Å². The molecule has 4 nitrogen and oxygen atoms in total. The van der Waals surface area contributed by atoms with E-state index in [1.54, 1.807) is 12.1 Å². The number of hydrogen-bond acceptors (Lipinski definition) is 3. The van der Waals surface area contributed by atoms with E-state index in [0.29, 0.717) is 6.54 Å². The van der Waals surface area contributed by atoms with Gasteiger partial charge in [0, 0.05) is 6.54 Å². The summed E-state index contributed by atoms with van der Waals surface area (Å²) in [6.07, 6.45) is 1.45. The molecule has 1 aromatic carbocycles. The Kier molecular flexibility index (Phi) is 5.40. The maximum absolute atomic E-state index is 12.6. The average molecular weight is 259 g/mol. The Labute approximate surface area is 102 Å². The van der Waals surface area contributed by atoms with Gasteiger partial charge in [0.25, 0.3) is 0 Å². The molecule has 2 unspecified atom stereocenters. The molecule has 2 atom stereocenters. The highest BCUT2D eigenvalue weighted by atomic mass is 32.2. The Balaban J connectivity index is 2.51. The smallest absolute Gasteiger partial charge is 0.325 e. The first-order chi connectivity index (χ1) is 7.99. The van der Waals surface area contributed by atoms with Gasteiger partial charge in [-0.2, -0.15) is 0 Å². The van der Waals surface area contributed by atoms with Crippen LogP contribution >= 0.6 is 0 Å². The van der Waals surface area contributed by atoms with Crippen LogP contribution in [0.3, 0.4) is 0 Å². The molecule has 0 spiro atoms. The number of carboxylic acids is 1. The summed E-state index contributed by atoms with van der Waals surface area (Å²) < 4.78 is 23.6. The number of halogens is 1. The van der Waals surface area contributed by atoms with Gasteiger partial charge in [0.05, 0.1) is 6.26 Å². The van der Waals surface area contributed by atoms with Crippen molar-refractivity contribution in [2.24, 2.45) is 0 Å². The van der Waals surface area contributed by atoms with Crippen LogP contribution in [0, 0.1) is 5.82 Å². The Morgan fingerprint density at radius 2 is 2.12 bits per heavy atom. The van der Waals surface area contributed by atoms with Crippen LogP contribution in [-0.2, 0) is 22.5 Å². The molecule has 17 heavy (non-hydrogen) atoms. The molecular weight excluding hydrogens is 245 g/mol. The normalized spacial score (nSPS) is 14.3. The van der Waals surface area contributed by atoms with E-state index >= 15 is 0 Å². The van der Waals surface area contributed by atoms with E-state index < -0.39 is 23.2 Å². The van der Waals surface area contributed by atoms with E-state index in [1.165, 1.54) is 18.4 Å². The van der Waals surface area contributed by atoms with Crippen molar-refractivity contribution in [2.75, 3.05) is 12.0 Å². The van der Waals surface area contributed by atoms with Crippen molar-refractivity contribution in [3.63, 3.8) is 0 Å². The lowest BCUT2D eigenvalue weighted by Gasteiger charge is -2.14. The van der Waals surface area contributed by atoms with Crippen molar-refractivity contribution in [2.45, 2.75) is 12.6 Å². The molecule has 0 aromatic heterocycles. The lowest BCUT2D eigenvalue weighted by molar-refractivity contribution is -0.138. The average Bonchev–Trinajstić information content (AvgIpc) is 2.25. The summed E-state index contributed by atoms with van der Waals surface area (Å²) in [6.45, 7) is 0.300. The van der Waals surface area contributed by atoms with E-state index in [4.69, 9.17) is 5.11 Å². The SMILES string of the molecule is C[S+]([O-])CC(NCc1ccc(F)cc1)C(=O)O. The molecule has 0 saturated heterocycles. The van der Waals surface area contributed by atoms with Crippen molar-refractivity contribution < 1.29 is 18.8 Å². The van der Waals surface area contributed by atoms with Crippen LogP contribution in [0.4, 0.5) is 4.39 Å². The van der Waals surface area contributed by atoms with Gasteiger partial charge in [-0.15, -0.1) is 0 Å². The molecule has 0 aliphatic rings. The molecule has 0 saturated carbocycles. The first-order valence-corrected chi connectivity index (χ1v) is 6.72. The topological polar surface area (TPSA) is 72.4 Å². The van der Waals surface area contributed by atoms with Crippen molar-refractivity contribution in [1.29, 1.82) is 0 Å². The molecule has 0 heterocycles. The number of aliphatic carboxylic acids is 1. The fourth-order valence-electron chi connectivity index (χ4n) is 1.30. The Morgan fingerprint density at radius 3 is 2.59 bits per heavy atom. The molecule has 1 rings (SSSR count). The van der Waals surface area contributed by atoms with E-state index in [9.17, 15) is 13.7 Å². The van der Waals surface area contributed by atoms with E-state index in [0.717, 1.165) is 5.56 Å². The molecule has 0 amide bonds. The first-order valence-electron chi connectivity index (χ1n) is 4.99. The highest BCUT2D eigenvalue weighted by Crippen LogP contribution is 2.03. The van der Waals surface area contributed by atoms with Crippen LogP contribution in [0.25, 0.3) is 0 Å². The lowest BCUT2D eigenvalue weighted by Crippen LogP contribution is -2.41. The van der Waals surface area contributed by atoms with Gasteiger partial charge in [0.15, 0.2) is 6.04 Å². The number of nitrogens with one attached hydrogen (secondary N) is 1. The van der Waals surface area contributed by atoms with Crippen molar-refractivity contribution in [3.8, 4) is 0 Å². The molecule has 94 valence electrons. The van der Waals surface area contributed by atoms with E-state index in [1.807, 2.05) is 0 Å². The first kappa shape index (κ1) is 14.0. The second-order valence-electron chi connectivity index (χ2n) is 3.64. The second-order valence-corrected chi connectivity index (χ2v) is 5.12. The minimum Gasteiger partial charge on any atom is -0.616 e. The predicted molar refractivity (Wildman–Crippen MR) is 63.6 cm³/mol. The van der Waals surface area contributed by atoms with E-state index in [2.05, 4.69) is 5.32 Å². The zero-order valence-corrected chi connectivity index (χ0v) is 10.2. The monoisotopic (exact) mass is 259 g/mol. The number of carboxylic acid groups (broad SMARTS) is 1. The summed E-state index contributed by atoms with van der Waals surface area (Å²) in [5.41, 5.74) is 0.777. The zero-order chi connectivity index (χ0) is 12.8. The summed E-state index contributed by atoms with van der Waals surface area (Å²) >= 11 is -1.18. The van der Waals surface area contributed by atoms with Crippen LogP contribution in [0.15, 0.2) is 24.3 Å². The van der Waals surface area contributed by atoms with Crippen molar-refractivity contribution >= 4 is 17.1 Å². The van der Waals surface area contributed by atoms with E-state index in [-0.39, 0.29) is 11.6 Å². The maximum Gasteiger partial charge on any atom is 0.325 e. The number of hydrogen-bond donors (Lipinski definition) is 2. The number of benzene rings is 1. The summed E-state index contributed by atoms with van der Waals surface area (Å²) in [4.78, 5) is 10.9. The van der Waals surface area contributed by atoms with Crippen LogP contribution in [0.5, 0.6) is 0 Å². The molecule has 0 radical (unpaired) electrons. The minimum atomic E-state index is -1.18. The fraction of sp³-hybridized carbons (Fsp3) is 0.364. The van der Waals surface area contributed by atoms with Gasteiger partial charge in [-0.25, -0.2) is 4.39 Å². The third-order valence-electron chi connectivity index (χ3n) is 2.17. The van der Waals surface area contributed by atoms with Crippen LogP contribution in [-0.4, -0.2) is 33.7 Å². The molecule has 6 heteroatoms. The van der Waals surface area contributed by atoms with Crippen molar-refractivity contribution in [1.82, 2.24) is 5.32 Å². The molecule has 0 fully saturated rings. The zero-order valence-electron chi connectivity index (χ0n) is 9.35. The van der Waals surface area contributed by atoms with Gasteiger partial charge >= 0.3 is 5.97 Å². The summed E-state index contributed by atoms with van der Waals surface area (Å²) in [6, 6.07) is 4.91. The van der Waals surface area contributed by atoms with Crippen LogP contribution in [0.1, 0.15) is 5.56 Å². The number of carbonyl (C=O) groups is 1. The summed E-state index contributed by atoms with van der Waals surface area (Å²) in [7, 11) is 0. The van der Waals surface area contributed by atoms with Crippen LogP contribution in [0.2, 0.25) is 0 Å². The Hall–Kier alpha value is -1.11. The van der Waals surface area contributed by atoms with Gasteiger partial charge in [-0.05, 0) is 17.7 Å². The van der Waals surface area contributed by atoms with Gasteiger partial charge in [0.1, 0.15) is 11.6 Å². The van der Waals surface area contributed by atoms with Gasteiger partial charge in [-0.3, -0.25) is 10.1 Å². The predicted octanol–water partition coefficient (Wildman–Crippen LogP) is 0.747. The lowest BCUT2D eigenvalue weighted by atomic mass is 10.2. The number of rotatable bonds is 6. The molecule has 2 N–H and O–H groups in total. The molecule has 0 bridgehead atoms. The standard InChI is InChI=1S/C11H14FNO3S/c1-17(16)7-10(11(14)15)13-6-8-2-4-9(12)5-3-8/h2-5,10,13H,6-7H2,1H3,(H,14,15). The fourth-order valence-corrected chi connectivity index (χ4v) is 2.03. The Morgan fingerprint density at radius 1 is 1.53 bits per heavy atom. The molecular formula is C11H14FNO3S. The summed E-state index contributed by atoms with van der Waals surface area (Å²) in [5, 5.41) is 11.7.